The largest absolute Gasteiger partial charge is 0.492 e. The number of urea groups is 1. The van der Waals surface area contributed by atoms with E-state index in [4.69, 9.17) is 4.74 Å². The first-order valence-corrected chi connectivity index (χ1v) is 8.94. The molecule has 0 radical (unpaired) electrons. The highest BCUT2D eigenvalue weighted by molar-refractivity contribution is 5.74. The van der Waals surface area contributed by atoms with Gasteiger partial charge in [-0.1, -0.05) is 12.1 Å². The fraction of sp³-hybridized carbons (Fsp3) is 0.421. The van der Waals surface area contributed by atoms with Gasteiger partial charge in [0, 0.05) is 32.4 Å². The van der Waals surface area contributed by atoms with Gasteiger partial charge in [0.25, 0.3) is 0 Å². The molecule has 7 nitrogen and oxygen atoms in total. The maximum Gasteiger partial charge on any atom is 0.317 e. The number of aromatic nitrogens is 2. The van der Waals surface area contributed by atoms with Crippen LogP contribution in [-0.2, 0) is 6.54 Å². The molecule has 0 unspecified atom stereocenters. The number of piperazine rings is 1. The van der Waals surface area contributed by atoms with E-state index in [0.717, 1.165) is 35.9 Å². The van der Waals surface area contributed by atoms with Gasteiger partial charge in [0.2, 0.25) is 0 Å². The zero-order valence-electron chi connectivity index (χ0n) is 15.3. The Balaban J connectivity index is 1.51. The van der Waals surface area contributed by atoms with Crippen LogP contribution in [0.4, 0.5) is 10.5 Å². The number of rotatable bonds is 5. The Morgan fingerprint density at radius 3 is 2.62 bits per heavy atom. The number of carbonyl (C=O) groups excluding carboxylic acids is 1. The Kier molecular flexibility index (Phi) is 5.88. The van der Waals surface area contributed by atoms with Crippen molar-refractivity contribution < 1.29 is 9.53 Å². The second-order valence-corrected chi connectivity index (χ2v) is 6.18. The zero-order chi connectivity index (χ0) is 18.4. The van der Waals surface area contributed by atoms with Gasteiger partial charge >= 0.3 is 6.03 Å². The van der Waals surface area contributed by atoms with E-state index in [0.29, 0.717) is 26.2 Å². The number of para-hydroxylation sites is 2. The summed E-state index contributed by atoms with van der Waals surface area (Å²) in [6.45, 7) is 7.80. The van der Waals surface area contributed by atoms with Crippen molar-refractivity contribution in [3.63, 3.8) is 0 Å². The number of nitrogens with zero attached hydrogens (tertiary/aromatic N) is 4. The quantitative estimate of drug-likeness (QED) is 0.890. The monoisotopic (exact) mass is 355 g/mol. The van der Waals surface area contributed by atoms with Crippen LogP contribution in [-0.4, -0.2) is 53.7 Å². The molecule has 2 heterocycles. The van der Waals surface area contributed by atoms with Crippen molar-refractivity contribution in [1.82, 2.24) is 20.2 Å². The third kappa shape index (κ3) is 4.41. The molecule has 1 aromatic carbocycles. The minimum Gasteiger partial charge on any atom is -0.492 e. The van der Waals surface area contributed by atoms with Crippen LogP contribution in [0.25, 0.3) is 0 Å². The number of anilines is 1. The van der Waals surface area contributed by atoms with Crippen LogP contribution in [0.3, 0.4) is 0 Å². The van der Waals surface area contributed by atoms with E-state index >= 15 is 0 Å². The Labute approximate surface area is 154 Å². The van der Waals surface area contributed by atoms with Crippen molar-refractivity contribution >= 4 is 11.7 Å². The lowest BCUT2D eigenvalue weighted by atomic mass is 10.2. The van der Waals surface area contributed by atoms with Gasteiger partial charge in [-0.05, 0) is 26.0 Å². The number of benzene rings is 1. The first kappa shape index (κ1) is 18.0. The van der Waals surface area contributed by atoms with E-state index in [9.17, 15) is 4.79 Å². The summed E-state index contributed by atoms with van der Waals surface area (Å²) >= 11 is 0. The van der Waals surface area contributed by atoms with Gasteiger partial charge in [-0.3, -0.25) is 9.97 Å². The minimum atomic E-state index is -0.0647. The van der Waals surface area contributed by atoms with Crippen molar-refractivity contribution in [2.24, 2.45) is 0 Å². The van der Waals surface area contributed by atoms with Crippen molar-refractivity contribution in [1.29, 1.82) is 0 Å². The minimum absolute atomic E-state index is 0.0647. The molecule has 138 valence electrons. The Morgan fingerprint density at radius 1 is 1.15 bits per heavy atom. The summed E-state index contributed by atoms with van der Waals surface area (Å²) in [5.41, 5.74) is 2.71. The van der Waals surface area contributed by atoms with Gasteiger partial charge in [-0.15, -0.1) is 0 Å². The van der Waals surface area contributed by atoms with Crippen LogP contribution < -0.4 is 15.0 Å². The number of hydrogen-bond acceptors (Lipinski definition) is 5. The van der Waals surface area contributed by atoms with Crippen molar-refractivity contribution in [2.75, 3.05) is 37.7 Å². The molecule has 0 spiro atoms. The Bertz CT molecular complexity index is 727. The predicted molar refractivity (Wildman–Crippen MR) is 100 cm³/mol. The molecule has 1 saturated heterocycles. The van der Waals surface area contributed by atoms with E-state index < -0.39 is 0 Å². The molecule has 1 aliphatic heterocycles. The summed E-state index contributed by atoms with van der Waals surface area (Å²) in [5, 5.41) is 2.92. The second-order valence-electron chi connectivity index (χ2n) is 6.18. The van der Waals surface area contributed by atoms with E-state index in [1.807, 2.05) is 36.9 Å². The second kappa shape index (κ2) is 8.51. The molecular formula is C19H25N5O2. The van der Waals surface area contributed by atoms with Crippen LogP contribution in [0, 0.1) is 6.92 Å². The average molecular weight is 355 g/mol. The first-order valence-electron chi connectivity index (χ1n) is 8.94. The maximum atomic E-state index is 12.4. The lowest BCUT2D eigenvalue weighted by molar-refractivity contribution is 0.193. The first-order chi connectivity index (χ1) is 12.7. The Hall–Kier alpha value is -2.83. The summed E-state index contributed by atoms with van der Waals surface area (Å²) in [6.07, 6.45) is 3.40. The molecule has 7 heteroatoms. The molecule has 26 heavy (non-hydrogen) atoms. The van der Waals surface area contributed by atoms with Gasteiger partial charge in [0.05, 0.1) is 36.4 Å². The summed E-state index contributed by atoms with van der Waals surface area (Å²) in [5.74, 6) is 0.894. The van der Waals surface area contributed by atoms with Crippen LogP contribution in [0.5, 0.6) is 5.75 Å². The number of hydrogen-bond donors (Lipinski definition) is 1. The number of ether oxygens (including phenoxy) is 1. The van der Waals surface area contributed by atoms with Crippen LogP contribution in [0.1, 0.15) is 18.3 Å². The van der Waals surface area contributed by atoms with E-state index in [1.54, 1.807) is 12.4 Å². The molecule has 2 aromatic rings. The topological polar surface area (TPSA) is 70.6 Å². The number of nitrogens with one attached hydrogen (secondary N) is 1. The van der Waals surface area contributed by atoms with E-state index in [2.05, 4.69) is 26.3 Å². The molecular weight excluding hydrogens is 330 g/mol. The summed E-state index contributed by atoms with van der Waals surface area (Å²) in [4.78, 5) is 24.9. The van der Waals surface area contributed by atoms with Crippen LogP contribution in [0.15, 0.2) is 36.7 Å². The molecule has 0 bridgehead atoms. The fourth-order valence-corrected chi connectivity index (χ4v) is 2.93. The molecule has 0 atom stereocenters. The van der Waals surface area contributed by atoms with E-state index in [1.165, 1.54) is 0 Å². The molecule has 1 aliphatic rings. The van der Waals surface area contributed by atoms with Crippen molar-refractivity contribution in [2.45, 2.75) is 20.4 Å². The molecule has 1 fully saturated rings. The molecule has 1 N–H and O–H groups in total. The van der Waals surface area contributed by atoms with Gasteiger partial charge in [0.15, 0.2) is 0 Å². The number of aryl methyl sites for hydroxylation is 1. The standard InChI is InChI=1S/C19H25N5O2/c1-3-26-18-7-5-4-6-17(18)23-8-10-24(11-9-23)19(25)22-14-16-13-20-15(2)12-21-16/h4-7,12-13H,3,8-11,14H2,1-2H3,(H,22,25). The zero-order valence-corrected chi connectivity index (χ0v) is 15.3. The number of carbonyl (C=O) groups is 1. The number of amides is 2. The summed E-state index contributed by atoms with van der Waals surface area (Å²) in [6, 6.07) is 7.98. The SMILES string of the molecule is CCOc1ccccc1N1CCN(C(=O)NCc2cnc(C)cn2)CC1. The van der Waals surface area contributed by atoms with Crippen molar-refractivity contribution in [3.05, 3.63) is 48.0 Å². The highest BCUT2D eigenvalue weighted by Gasteiger charge is 2.22. The predicted octanol–water partition coefficient (Wildman–Crippen LogP) is 2.22. The molecule has 3 rings (SSSR count). The fourth-order valence-electron chi connectivity index (χ4n) is 2.93. The van der Waals surface area contributed by atoms with Crippen LogP contribution in [0.2, 0.25) is 0 Å². The highest BCUT2D eigenvalue weighted by Crippen LogP contribution is 2.28. The Morgan fingerprint density at radius 2 is 1.92 bits per heavy atom. The smallest absolute Gasteiger partial charge is 0.317 e. The normalized spacial score (nSPS) is 14.2. The van der Waals surface area contributed by atoms with Gasteiger partial charge < -0.3 is 19.9 Å². The third-order valence-corrected chi connectivity index (χ3v) is 4.33. The van der Waals surface area contributed by atoms with Gasteiger partial charge in [0.1, 0.15) is 5.75 Å². The third-order valence-electron chi connectivity index (χ3n) is 4.33. The highest BCUT2D eigenvalue weighted by atomic mass is 16.5. The lowest BCUT2D eigenvalue weighted by Crippen LogP contribution is -2.51. The van der Waals surface area contributed by atoms with Gasteiger partial charge in [-0.25, -0.2) is 4.79 Å². The summed E-state index contributed by atoms with van der Waals surface area (Å²) < 4.78 is 5.71. The van der Waals surface area contributed by atoms with E-state index in [-0.39, 0.29) is 6.03 Å². The molecule has 0 aliphatic carbocycles. The molecule has 2 amide bonds. The lowest BCUT2D eigenvalue weighted by Gasteiger charge is -2.36. The maximum absolute atomic E-state index is 12.4. The van der Waals surface area contributed by atoms with Gasteiger partial charge in [-0.2, -0.15) is 0 Å². The molecule has 1 aromatic heterocycles. The van der Waals surface area contributed by atoms with Crippen molar-refractivity contribution in [3.8, 4) is 5.75 Å². The molecule has 0 saturated carbocycles. The summed E-state index contributed by atoms with van der Waals surface area (Å²) in [7, 11) is 0. The average Bonchev–Trinajstić information content (AvgIpc) is 2.68. The van der Waals surface area contributed by atoms with Crippen LogP contribution >= 0.6 is 0 Å².